The summed E-state index contributed by atoms with van der Waals surface area (Å²) in [7, 11) is -3.61. The monoisotopic (exact) mass is 475 g/mol. The first-order chi connectivity index (χ1) is 15.4. The van der Waals surface area contributed by atoms with Crippen LogP contribution in [0.25, 0.3) is 0 Å². The van der Waals surface area contributed by atoms with Crippen LogP contribution in [0.5, 0.6) is 0 Å². The molecule has 0 spiro atoms. The first kappa shape index (κ1) is 23.1. The SMILES string of the molecule is Cc1ccc(NCC(=O)N2CCC(C)Sc3ccccc32)cc1S(=O)(=O)N1CCOCC1. The normalized spacial score (nSPS) is 19.8. The number of nitrogens with one attached hydrogen (secondary N) is 1. The summed E-state index contributed by atoms with van der Waals surface area (Å²) in [5.41, 5.74) is 2.23. The van der Waals surface area contributed by atoms with E-state index in [0.29, 0.717) is 49.3 Å². The molecule has 9 heteroatoms. The van der Waals surface area contributed by atoms with E-state index >= 15 is 0 Å². The van der Waals surface area contributed by atoms with Crippen LogP contribution in [-0.2, 0) is 19.6 Å². The highest BCUT2D eigenvalue weighted by atomic mass is 32.2. The lowest BCUT2D eigenvalue weighted by molar-refractivity contribution is -0.117. The van der Waals surface area contributed by atoms with Crippen LogP contribution >= 0.6 is 11.8 Å². The standard InChI is InChI=1S/C23H29N3O4S2/c1-17-7-8-19(15-22(17)32(28,29)25-11-13-30-14-12-25)24-16-23(27)26-10-9-18(2)31-21-6-4-3-5-20(21)26/h3-8,15,18,24H,9-14,16H2,1-2H3. The first-order valence-electron chi connectivity index (χ1n) is 10.8. The number of morpholine rings is 1. The van der Waals surface area contributed by atoms with Gasteiger partial charge >= 0.3 is 0 Å². The Morgan fingerprint density at radius 1 is 1.16 bits per heavy atom. The second-order valence-corrected chi connectivity index (χ2v) is 11.5. The molecular weight excluding hydrogens is 446 g/mol. The highest BCUT2D eigenvalue weighted by Crippen LogP contribution is 2.37. The molecule has 1 saturated heterocycles. The Morgan fingerprint density at radius 2 is 1.91 bits per heavy atom. The Labute approximate surface area is 194 Å². The van der Waals surface area contributed by atoms with Crippen molar-refractivity contribution in [3.05, 3.63) is 48.0 Å². The minimum Gasteiger partial charge on any atom is -0.379 e. The molecule has 2 aromatic carbocycles. The van der Waals surface area contributed by atoms with Gasteiger partial charge in [0.1, 0.15) is 0 Å². The highest BCUT2D eigenvalue weighted by molar-refractivity contribution is 8.00. The number of amides is 1. The van der Waals surface area contributed by atoms with Gasteiger partial charge in [-0.15, -0.1) is 11.8 Å². The number of aryl methyl sites for hydroxylation is 1. The zero-order chi connectivity index (χ0) is 22.7. The number of carbonyl (C=O) groups is 1. The van der Waals surface area contributed by atoms with Gasteiger partial charge in [-0.1, -0.05) is 25.1 Å². The van der Waals surface area contributed by atoms with Gasteiger partial charge in [-0.3, -0.25) is 4.79 Å². The number of carbonyl (C=O) groups excluding carboxylic acids is 1. The lowest BCUT2D eigenvalue weighted by Gasteiger charge is -2.27. The number of hydrogen-bond donors (Lipinski definition) is 1. The van der Waals surface area contributed by atoms with Crippen molar-refractivity contribution < 1.29 is 17.9 Å². The van der Waals surface area contributed by atoms with Crippen molar-refractivity contribution in [2.75, 3.05) is 49.6 Å². The zero-order valence-electron chi connectivity index (χ0n) is 18.4. The predicted molar refractivity (Wildman–Crippen MR) is 128 cm³/mol. The number of nitrogens with zero attached hydrogens (tertiary/aromatic N) is 2. The zero-order valence-corrected chi connectivity index (χ0v) is 20.0. The Kier molecular flexibility index (Phi) is 7.09. The summed E-state index contributed by atoms with van der Waals surface area (Å²) in [5.74, 6) is -0.0367. The maximum Gasteiger partial charge on any atom is 0.246 e. The summed E-state index contributed by atoms with van der Waals surface area (Å²) in [6, 6.07) is 13.2. The topological polar surface area (TPSA) is 79.0 Å². The lowest BCUT2D eigenvalue weighted by atomic mass is 10.2. The summed E-state index contributed by atoms with van der Waals surface area (Å²) >= 11 is 1.79. The summed E-state index contributed by atoms with van der Waals surface area (Å²) in [5, 5.41) is 3.58. The predicted octanol–water partition coefficient (Wildman–Crippen LogP) is 3.35. The van der Waals surface area contributed by atoms with Crippen LogP contribution in [-0.4, -0.2) is 63.3 Å². The maximum absolute atomic E-state index is 13.1. The molecule has 1 amide bonds. The van der Waals surface area contributed by atoms with Crippen LogP contribution in [0, 0.1) is 6.92 Å². The molecular formula is C23H29N3O4S2. The van der Waals surface area contributed by atoms with Crippen molar-refractivity contribution in [2.45, 2.75) is 35.3 Å². The van der Waals surface area contributed by atoms with Crippen LogP contribution in [0.15, 0.2) is 52.3 Å². The lowest BCUT2D eigenvalue weighted by Crippen LogP contribution is -2.40. The van der Waals surface area contributed by atoms with Gasteiger partial charge in [0.25, 0.3) is 0 Å². The molecule has 4 rings (SSSR count). The van der Waals surface area contributed by atoms with Crippen LogP contribution < -0.4 is 10.2 Å². The van der Waals surface area contributed by atoms with E-state index < -0.39 is 10.0 Å². The maximum atomic E-state index is 13.1. The van der Waals surface area contributed by atoms with Crippen LogP contribution in [0.1, 0.15) is 18.9 Å². The molecule has 2 aromatic rings. The second-order valence-electron chi connectivity index (χ2n) is 8.08. The van der Waals surface area contributed by atoms with Crippen LogP contribution in [0.4, 0.5) is 11.4 Å². The average molecular weight is 476 g/mol. The third kappa shape index (κ3) is 4.96. The van der Waals surface area contributed by atoms with E-state index in [1.165, 1.54) is 4.31 Å². The summed E-state index contributed by atoms with van der Waals surface area (Å²) in [4.78, 5) is 16.3. The number of hydrogen-bond acceptors (Lipinski definition) is 6. The number of ether oxygens (including phenoxy) is 1. The molecule has 0 bridgehead atoms. The van der Waals surface area contributed by atoms with Gasteiger partial charge in [0.05, 0.1) is 30.3 Å². The average Bonchev–Trinajstić information content (AvgIpc) is 2.97. The molecule has 7 nitrogen and oxygen atoms in total. The fourth-order valence-corrected chi connectivity index (χ4v) is 6.70. The fourth-order valence-electron chi connectivity index (χ4n) is 3.93. The molecule has 2 aliphatic rings. The van der Waals surface area contributed by atoms with Crippen LogP contribution in [0.2, 0.25) is 0 Å². The van der Waals surface area contributed by atoms with Gasteiger partial charge in [-0.25, -0.2) is 8.42 Å². The third-order valence-electron chi connectivity index (χ3n) is 5.76. The number of benzene rings is 2. The molecule has 1 atom stereocenters. The Balaban J connectivity index is 1.50. The Hall–Kier alpha value is -2.07. The van der Waals surface area contributed by atoms with Crippen molar-refractivity contribution in [3.8, 4) is 0 Å². The van der Waals surface area contributed by atoms with Gasteiger partial charge in [-0.05, 0) is 43.2 Å². The fraction of sp³-hybridized carbons (Fsp3) is 0.435. The number of thioether (sulfide) groups is 1. The largest absolute Gasteiger partial charge is 0.379 e. The van der Waals surface area contributed by atoms with E-state index in [1.54, 1.807) is 30.8 Å². The van der Waals surface area contributed by atoms with Gasteiger partial charge < -0.3 is 15.0 Å². The van der Waals surface area contributed by atoms with E-state index in [1.807, 2.05) is 29.2 Å². The molecule has 32 heavy (non-hydrogen) atoms. The van der Waals surface area contributed by atoms with E-state index in [9.17, 15) is 13.2 Å². The van der Waals surface area contributed by atoms with Crippen LogP contribution in [0.3, 0.4) is 0 Å². The molecule has 2 heterocycles. The van der Waals surface area contributed by atoms with Gasteiger partial charge in [0, 0.05) is 35.5 Å². The minimum atomic E-state index is -3.61. The van der Waals surface area contributed by atoms with Gasteiger partial charge in [0.15, 0.2) is 0 Å². The molecule has 1 fully saturated rings. The number of sulfonamides is 1. The molecule has 0 aliphatic carbocycles. The number of para-hydroxylation sites is 1. The molecule has 172 valence electrons. The minimum absolute atomic E-state index is 0.0367. The summed E-state index contributed by atoms with van der Waals surface area (Å²) in [6.45, 7) is 6.22. The summed E-state index contributed by atoms with van der Waals surface area (Å²) < 4.78 is 33.0. The number of fused-ring (bicyclic) bond motifs is 1. The summed E-state index contributed by atoms with van der Waals surface area (Å²) in [6.07, 6.45) is 0.914. The molecule has 0 saturated carbocycles. The molecule has 0 aromatic heterocycles. The van der Waals surface area contributed by atoms with E-state index in [2.05, 4.69) is 18.3 Å². The van der Waals surface area contributed by atoms with E-state index in [0.717, 1.165) is 17.0 Å². The number of rotatable bonds is 5. The third-order valence-corrected chi connectivity index (χ3v) is 9.04. The Bertz CT molecular complexity index is 1080. The molecule has 1 N–H and O–H groups in total. The number of anilines is 2. The highest BCUT2D eigenvalue weighted by Gasteiger charge is 2.28. The smallest absolute Gasteiger partial charge is 0.246 e. The molecule has 2 aliphatic heterocycles. The van der Waals surface area contributed by atoms with Gasteiger partial charge in [-0.2, -0.15) is 4.31 Å². The van der Waals surface area contributed by atoms with Crippen molar-refractivity contribution in [1.82, 2.24) is 4.31 Å². The van der Waals surface area contributed by atoms with E-state index in [4.69, 9.17) is 4.74 Å². The molecule has 1 unspecified atom stereocenters. The Morgan fingerprint density at radius 3 is 2.69 bits per heavy atom. The van der Waals surface area contributed by atoms with Gasteiger partial charge in [0.2, 0.25) is 15.9 Å². The first-order valence-corrected chi connectivity index (χ1v) is 13.2. The van der Waals surface area contributed by atoms with Crippen molar-refractivity contribution in [3.63, 3.8) is 0 Å². The second kappa shape index (κ2) is 9.82. The van der Waals surface area contributed by atoms with Crippen molar-refractivity contribution in [1.29, 1.82) is 0 Å². The van der Waals surface area contributed by atoms with Crippen molar-refractivity contribution >= 4 is 39.1 Å². The molecule has 0 radical (unpaired) electrons. The van der Waals surface area contributed by atoms with Crippen molar-refractivity contribution in [2.24, 2.45) is 0 Å². The quantitative estimate of drug-likeness (QED) is 0.715. The van der Waals surface area contributed by atoms with E-state index in [-0.39, 0.29) is 17.3 Å².